The monoisotopic (exact) mass is 342 g/mol. The van der Waals surface area contributed by atoms with E-state index in [1.807, 2.05) is 31.2 Å². The second-order valence-corrected chi connectivity index (χ2v) is 6.23. The van der Waals surface area contributed by atoms with Crippen LogP contribution in [0.15, 0.2) is 24.3 Å². The molecule has 4 nitrogen and oxygen atoms in total. The first kappa shape index (κ1) is 18.3. The van der Waals surface area contributed by atoms with Crippen LogP contribution < -0.4 is 10.6 Å². The number of hydrogen-bond donors (Lipinski definition) is 2. The number of amides is 2. The molecule has 2 N–H and O–H groups in total. The summed E-state index contributed by atoms with van der Waals surface area (Å²) >= 11 is 0. The molecule has 1 saturated carbocycles. The molecule has 1 fully saturated rings. The van der Waals surface area contributed by atoms with Gasteiger partial charge in [0, 0.05) is 0 Å². The van der Waals surface area contributed by atoms with Crippen LogP contribution in [0, 0.1) is 6.92 Å². The Balaban J connectivity index is 2.01. The quantitative estimate of drug-likeness (QED) is 0.864. The van der Waals surface area contributed by atoms with Gasteiger partial charge < -0.3 is 10.6 Å². The summed E-state index contributed by atoms with van der Waals surface area (Å²) in [4.78, 5) is 24.1. The standard InChI is InChI=1S/C17H21F3N2O2/c1-12-5-4-6-13(9-12)16(7-2-3-8-16)15(24)21-10-14(23)22-11-17(18,19)20/h4-6,9H,2-3,7-8,10-11H2,1H3,(H,21,24)(H,22,23). The third kappa shape index (κ3) is 4.49. The number of carbonyl (C=O) groups is 2. The number of nitrogens with one attached hydrogen (secondary N) is 2. The molecular weight excluding hydrogens is 321 g/mol. The van der Waals surface area contributed by atoms with Crippen LogP contribution in [-0.4, -0.2) is 31.1 Å². The van der Waals surface area contributed by atoms with Crippen molar-refractivity contribution >= 4 is 11.8 Å². The summed E-state index contributed by atoms with van der Waals surface area (Å²) in [5.41, 5.74) is 1.23. The van der Waals surface area contributed by atoms with Crippen molar-refractivity contribution in [2.45, 2.75) is 44.2 Å². The summed E-state index contributed by atoms with van der Waals surface area (Å²) in [6.45, 7) is 0.0852. The molecule has 0 unspecified atom stereocenters. The first-order valence-electron chi connectivity index (χ1n) is 7.92. The van der Waals surface area contributed by atoms with Gasteiger partial charge in [0.05, 0.1) is 12.0 Å². The average Bonchev–Trinajstić information content (AvgIpc) is 3.01. The molecule has 0 heterocycles. The Kier molecular flexibility index (Phi) is 5.51. The van der Waals surface area contributed by atoms with Gasteiger partial charge in [-0.2, -0.15) is 13.2 Å². The molecule has 1 aliphatic rings. The lowest BCUT2D eigenvalue weighted by atomic mass is 9.77. The molecule has 0 atom stereocenters. The van der Waals surface area contributed by atoms with E-state index in [0.29, 0.717) is 12.8 Å². The van der Waals surface area contributed by atoms with Gasteiger partial charge in [0.1, 0.15) is 6.54 Å². The van der Waals surface area contributed by atoms with Crippen LogP contribution in [0.5, 0.6) is 0 Å². The number of rotatable bonds is 5. The first-order chi connectivity index (χ1) is 11.2. The van der Waals surface area contributed by atoms with Gasteiger partial charge in [-0.1, -0.05) is 42.7 Å². The van der Waals surface area contributed by atoms with Crippen molar-refractivity contribution in [1.82, 2.24) is 10.6 Å². The van der Waals surface area contributed by atoms with E-state index in [4.69, 9.17) is 0 Å². The van der Waals surface area contributed by atoms with Gasteiger partial charge in [-0.05, 0) is 25.3 Å². The summed E-state index contributed by atoms with van der Waals surface area (Å²) in [5, 5.41) is 4.25. The van der Waals surface area contributed by atoms with Crippen LogP contribution >= 0.6 is 0 Å². The third-order valence-electron chi connectivity index (χ3n) is 4.36. The smallest absolute Gasteiger partial charge is 0.346 e. The van der Waals surface area contributed by atoms with Crippen molar-refractivity contribution in [3.8, 4) is 0 Å². The molecule has 2 rings (SSSR count). The molecule has 7 heteroatoms. The Bertz CT molecular complexity index is 608. The Morgan fingerprint density at radius 3 is 2.42 bits per heavy atom. The van der Waals surface area contributed by atoms with Crippen molar-refractivity contribution in [2.75, 3.05) is 13.1 Å². The lowest BCUT2D eigenvalue weighted by molar-refractivity contribution is -0.138. The van der Waals surface area contributed by atoms with Gasteiger partial charge in [0.15, 0.2) is 0 Å². The molecule has 0 spiro atoms. The van der Waals surface area contributed by atoms with Gasteiger partial charge in [-0.3, -0.25) is 9.59 Å². The predicted molar refractivity (Wildman–Crippen MR) is 83.4 cm³/mol. The van der Waals surface area contributed by atoms with Crippen molar-refractivity contribution in [1.29, 1.82) is 0 Å². The van der Waals surface area contributed by atoms with E-state index in [0.717, 1.165) is 24.0 Å². The zero-order valence-corrected chi connectivity index (χ0v) is 13.5. The van der Waals surface area contributed by atoms with Crippen molar-refractivity contribution < 1.29 is 22.8 Å². The Morgan fingerprint density at radius 2 is 1.83 bits per heavy atom. The lowest BCUT2D eigenvalue weighted by Gasteiger charge is -2.28. The number of halogens is 3. The minimum atomic E-state index is -4.46. The summed E-state index contributed by atoms with van der Waals surface area (Å²) in [5.74, 6) is -1.15. The van der Waals surface area contributed by atoms with Crippen molar-refractivity contribution in [3.63, 3.8) is 0 Å². The third-order valence-corrected chi connectivity index (χ3v) is 4.36. The van der Waals surface area contributed by atoms with E-state index < -0.39 is 30.6 Å². The van der Waals surface area contributed by atoms with Crippen LogP contribution in [0.3, 0.4) is 0 Å². The molecule has 0 saturated heterocycles. The van der Waals surface area contributed by atoms with E-state index in [2.05, 4.69) is 5.32 Å². The fourth-order valence-corrected chi connectivity index (χ4v) is 3.16. The highest BCUT2D eigenvalue weighted by atomic mass is 19.4. The van der Waals surface area contributed by atoms with E-state index >= 15 is 0 Å². The summed E-state index contributed by atoms with van der Waals surface area (Å²) in [6.07, 6.45) is -1.31. The van der Waals surface area contributed by atoms with Gasteiger partial charge in [0.25, 0.3) is 0 Å². The predicted octanol–water partition coefficient (Wildman–Crippen LogP) is 2.60. The average molecular weight is 342 g/mol. The number of aryl methyl sites for hydroxylation is 1. The number of carbonyl (C=O) groups excluding carboxylic acids is 2. The topological polar surface area (TPSA) is 58.2 Å². The number of benzene rings is 1. The molecular formula is C17H21F3N2O2. The van der Waals surface area contributed by atoms with Crippen LogP contribution in [0.4, 0.5) is 13.2 Å². The van der Waals surface area contributed by atoms with E-state index in [9.17, 15) is 22.8 Å². The molecule has 0 aliphatic heterocycles. The highest BCUT2D eigenvalue weighted by Crippen LogP contribution is 2.41. The maximum atomic E-state index is 12.7. The highest BCUT2D eigenvalue weighted by Gasteiger charge is 2.42. The molecule has 132 valence electrons. The minimum Gasteiger partial charge on any atom is -0.346 e. The molecule has 1 aromatic carbocycles. The van der Waals surface area contributed by atoms with Gasteiger partial charge in [0.2, 0.25) is 11.8 Å². The molecule has 24 heavy (non-hydrogen) atoms. The Hall–Kier alpha value is -2.05. The fourth-order valence-electron chi connectivity index (χ4n) is 3.16. The van der Waals surface area contributed by atoms with Crippen molar-refractivity contribution in [3.05, 3.63) is 35.4 Å². The maximum absolute atomic E-state index is 12.7. The Labute approximate surface area is 138 Å². The highest BCUT2D eigenvalue weighted by molar-refractivity contribution is 5.91. The van der Waals surface area contributed by atoms with Crippen LogP contribution in [0.2, 0.25) is 0 Å². The zero-order valence-electron chi connectivity index (χ0n) is 13.5. The zero-order chi connectivity index (χ0) is 17.8. The van der Waals surface area contributed by atoms with Gasteiger partial charge >= 0.3 is 6.18 Å². The SMILES string of the molecule is Cc1cccc(C2(C(=O)NCC(=O)NCC(F)(F)F)CCCC2)c1. The summed E-state index contributed by atoms with van der Waals surface area (Å²) in [6, 6.07) is 7.67. The first-order valence-corrected chi connectivity index (χ1v) is 7.92. The number of alkyl halides is 3. The molecule has 1 aliphatic carbocycles. The molecule has 0 radical (unpaired) electrons. The molecule has 0 bridgehead atoms. The lowest BCUT2D eigenvalue weighted by Crippen LogP contribution is -2.47. The minimum absolute atomic E-state index is 0.298. The Morgan fingerprint density at radius 1 is 1.17 bits per heavy atom. The second-order valence-electron chi connectivity index (χ2n) is 6.23. The maximum Gasteiger partial charge on any atom is 0.405 e. The normalized spacial score (nSPS) is 16.7. The molecule has 2 amide bonds. The molecule has 0 aromatic heterocycles. The van der Waals surface area contributed by atoms with Crippen LogP contribution in [-0.2, 0) is 15.0 Å². The summed E-state index contributed by atoms with van der Waals surface area (Å²) < 4.78 is 36.2. The van der Waals surface area contributed by atoms with E-state index in [-0.39, 0.29) is 5.91 Å². The van der Waals surface area contributed by atoms with E-state index in [1.54, 1.807) is 5.32 Å². The second kappa shape index (κ2) is 7.23. The summed E-state index contributed by atoms with van der Waals surface area (Å²) in [7, 11) is 0. The van der Waals surface area contributed by atoms with Crippen LogP contribution in [0.1, 0.15) is 36.8 Å². The fraction of sp³-hybridized carbons (Fsp3) is 0.529. The van der Waals surface area contributed by atoms with E-state index in [1.165, 1.54) is 0 Å². The van der Waals surface area contributed by atoms with Crippen molar-refractivity contribution in [2.24, 2.45) is 0 Å². The largest absolute Gasteiger partial charge is 0.405 e. The number of hydrogen-bond acceptors (Lipinski definition) is 2. The van der Waals surface area contributed by atoms with Gasteiger partial charge in [-0.25, -0.2) is 0 Å². The van der Waals surface area contributed by atoms with Crippen LogP contribution in [0.25, 0.3) is 0 Å². The molecule has 1 aromatic rings. The van der Waals surface area contributed by atoms with Gasteiger partial charge in [-0.15, -0.1) is 0 Å².